The van der Waals surface area contributed by atoms with Gasteiger partial charge in [-0.05, 0) is 74.9 Å². The lowest BCUT2D eigenvalue weighted by atomic mass is 10.0. The van der Waals surface area contributed by atoms with Crippen LogP contribution in [0.1, 0.15) is 49.7 Å². The minimum atomic E-state index is 0.398. The third-order valence-corrected chi connectivity index (χ3v) is 5.94. The molecule has 1 saturated heterocycles. The second-order valence-corrected chi connectivity index (χ2v) is 7.47. The number of nitrogens with one attached hydrogen (secondary N) is 1. The molecule has 1 aromatic carbocycles. The van der Waals surface area contributed by atoms with Gasteiger partial charge in [0.1, 0.15) is 11.9 Å². The maximum Gasteiger partial charge on any atom is 0.120 e. The summed E-state index contributed by atoms with van der Waals surface area (Å²) in [5.74, 6) is 1.09. The van der Waals surface area contributed by atoms with E-state index in [4.69, 9.17) is 4.74 Å². The maximum atomic E-state index is 6.24. The third-order valence-electron chi connectivity index (χ3n) is 5.94. The summed E-state index contributed by atoms with van der Waals surface area (Å²) in [5, 5.41) is 3.40. The van der Waals surface area contributed by atoms with E-state index in [9.17, 15) is 0 Å². The first-order valence-electron chi connectivity index (χ1n) is 9.62. The molecule has 3 aliphatic rings. The van der Waals surface area contributed by atoms with Gasteiger partial charge in [0.15, 0.2) is 0 Å². The lowest BCUT2D eigenvalue weighted by Crippen LogP contribution is -2.35. The van der Waals surface area contributed by atoms with Gasteiger partial charge in [-0.25, -0.2) is 0 Å². The van der Waals surface area contributed by atoms with Gasteiger partial charge in [-0.3, -0.25) is 4.90 Å². The Labute approximate surface area is 140 Å². The molecular weight excluding hydrogens is 284 g/mol. The van der Waals surface area contributed by atoms with Gasteiger partial charge in [-0.1, -0.05) is 18.9 Å². The zero-order chi connectivity index (χ0) is 15.5. The quantitative estimate of drug-likeness (QED) is 0.927. The fraction of sp³-hybridized carbons (Fsp3) is 0.700. The second kappa shape index (κ2) is 7.23. The van der Waals surface area contributed by atoms with Crippen LogP contribution in [0.4, 0.5) is 0 Å². The smallest absolute Gasteiger partial charge is 0.120 e. The van der Waals surface area contributed by atoms with Gasteiger partial charge >= 0.3 is 0 Å². The molecule has 0 atom stereocenters. The zero-order valence-electron chi connectivity index (χ0n) is 14.2. The van der Waals surface area contributed by atoms with Crippen LogP contribution in [-0.4, -0.2) is 43.2 Å². The number of nitrogens with zero attached hydrogens (tertiary/aromatic N) is 1. The van der Waals surface area contributed by atoms with Crippen molar-refractivity contribution in [3.05, 3.63) is 29.3 Å². The standard InChI is InChI=1S/C20H30N2O/c1-2-4-18(3-1)22-13-9-16-5-6-20(15-17(16)10-14-22)23-19-7-11-21-12-8-19/h5-6,15,18-19,21H,1-4,7-14H2. The van der Waals surface area contributed by atoms with Gasteiger partial charge in [0.25, 0.3) is 0 Å². The molecule has 0 radical (unpaired) electrons. The molecule has 0 spiro atoms. The topological polar surface area (TPSA) is 24.5 Å². The molecule has 0 aromatic heterocycles. The van der Waals surface area contributed by atoms with Crippen LogP contribution in [0.3, 0.4) is 0 Å². The van der Waals surface area contributed by atoms with Crippen LogP contribution in [0, 0.1) is 0 Å². The van der Waals surface area contributed by atoms with Crippen molar-refractivity contribution in [2.45, 2.75) is 63.5 Å². The molecule has 0 unspecified atom stereocenters. The first kappa shape index (κ1) is 15.5. The predicted octanol–water partition coefficient (Wildman–Crippen LogP) is 3.16. The highest BCUT2D eigenvalue weighted by molar-refractivity contribution is 5.37. The van der Waals surface area contributed by atoms with Crippen LogP contribution in [0.5, 0.6) is 5.75 Å². The Morgan fingerprint density at radius 1 is 0.913 bits per heavy atom. The molecular formula is C20H30N2O. The average molecular weight is 314 g/mol. The van der Waals surface area contributed by atoms with Crippen LogP contribution in [0.15, 0.2) is 18.2 Å². The summed E-state index contributed by atoms with van der Waals surface area (Å²) in [4.78, 5) is 2.75. The van der Waals surface area contributed by atoms with Crippen molar-refractivity contribution in [3.8, 4) is 5.75 Å². The van der Waals surface area contributed by atoms with E-state index in [2.05, 4.69) is 28.4 Å². The van der Waals surface area contributed by atoms with E-state index in [-0.39, 0.29) is 0 Å². The number of fused-ring (bicyclic) bond motifs is 1. The highest BCUT2D eigenvalue weighted by Gasteiger charge is 2.24. The molecule has 2 aliphatic heterocycles. The van der Waals surface area contributed by atoms with E-state index in [1.54, 1.807) is 5.56 Å². The van der Waals surface area contributed by atoms with Crippen molar-refractivity contribution in [1.29, 1.82) is 0 Å². The zero-order valence-corrected chi connectivity index (χ0v) is 14.2. The molecule has 2 heterocycles. The first-order chi connectivity index (χ1) is 11.4. The SMILES string of the molecule is c1cc2c(cc1OC1CCNCC1)CCN(C1CCCC1)CC2. The van der Waals surface area contributed by atoms with E-state index in [1.807, 2.05) is 0 Å². The van der Waals surface area contributed by atoms with E-state index in [0.29, 0.717) is 6.10 Å². The minimum absolute atomic E-state index is 0.398. The first-order valence-corrected chi connectivity index (χ1v) is 9.62. The van der Waals surface area contributed by atoms with Crippen LogP contribution >= 0.6 is 0 Å². The molecule has 1 N–H and O–H groups in total. The predicted molar refractivity (Wildman–Crippen MR) is 94.2 cm³/mol. The Bertz CT molecular complexity index is 518. The summed E-state index contributed by atoms with van der Waals surface area (Å²) in [6.45, 7) is 4.65. The van der Waals surface area contributed by atoms with Gasteiger partial charge in [-0.2, -0.15) is 0 Å². The van der Waals surface area contributed by atoms with Crippen LogP contribution < -0.4 is 10.1 Å². The Balaban J connectivity index is 1.41. The van der Waals surface area contributed by atoms with Crippen LogP contribution in [0.2, 0.25) is 0 Å². The molecule has 126 valence electrons. The van der Waals surface area contributed by atoms with Crippen molar-refractivity contribution in [1.82, 2.24) is 10.2 Å². The average Bonchev–Trinajstić information content (AvgIpc) is 3.04. The molecule has 1 aromatic rings. The number of hydrogen-bond acceptors (Lipinski definition) is 3. The summed E-state index contributed by atoms with van der Waals surface area (Å²) in [7, 11) is 0. The molecule has 1 saturated carbocycles. The summed E-state index contributed by atoms with van der Waals surface area (Å²) >= 11 is 0. The Morgan fingerprint density at radius 2 is 1.65 bits per heavy atom. The normalized spacial score (nSPS) is 24.3. The number of piperidine rings is 1. The molecule has 0 bridgehead atoms. The highest BCUT2D eigenvalue weighted by atomic mass is 16.5. The highest BCUT2D eigenvalue weighted by Crippen LogP contribution is 2.28. The summed E-state index contributed by atoms with van der Waals surface area (Å²) in [6.07, 6.45) is 10.8. The van der Waals surface area contributed by atoms with E-state index >= 15 is 0 Å². The number of benzene rings is 1. The molecule has 23 heavy (non-hydrogen) atoms. The second-order valence-electron chi connectivity index (χ2n) is 7.47. The molecule has 3 heteroatoms. The fourth-order valence-electron chi connectivity index (χ4n) is 4.53. The number of hydrogen-bond donors (Lipinski definition) is 1. The molecule has 3 nitrogen and oxygen atoms in total. The van der Waals surface area contributed by atoms with E-state index in [0.717, 1.165) is 37.7 Å². The fourth-order valence-corrected chi connectivity index (χ4v) is 4.53. The Hall–Kier alpha value is -1.06. The van der Waals surface area contributed by atoms with Gasteiger partial charge in [0, 0.05) is 19.1 Å². The summed E-state index contributed by atoms with van der Waals surface area (Å²) in [5.41, 5.74) is 3.07. The monoisotopic (exact) mass is 314 g/mol. The Kier molecular flexibility index (Phi) is 4.86. The van der Waals surface area contributed by atoms with E-state index in [1.165, 1.54) is 57.2 Å². The lowest BCUT2D eigenvalue weighted by molar-refractivity contribution is 0.162. The minimum Gasteiger partial charge on any atom is -0.490 e. The maximum absolute atomic E-state index is 6.24. The van der Waals surface area contributed by atoms with Crippen LogP contribution in [0.25, 0.3) is 0 Å². The van der Waals surface area contributed by atoms with Crippen molar-refractivity contribution < 1.29 is 4.74 Å². The van der Waals surface area contributed by atoms with Crippen molar-refractivity contribution >= 4 is 0 Å². The van der Waals surface area contributed by atoms with Gasteiger partial charge in [0.05, 0.1) is 0 Å². The molecule has 2 fully saturated rings. The third kappa shape index (κ3) is 3.72. The molecule has 0 amide bonds. The van der Waals surface area contributed by atoms with Crippen molar-refractivity contribution in [3.63, 3.8) is 0 Å². The number of ether oxygens (including phenoxy) is 1. The summed E-state index contributed by atoms with van der Waals surface area (Å²) < 4.78 is 6.24. The van der Waals surface area contributed by atoms with Gasteiger partial charge in [0.2, 0.25) is 0 Å². The van der Waals surface area contributed by atoms with Crippen molar-refractivity contribution in [2.24, 2.45) is 0 Å². The largest absolute Gasteiger partial charge is 0.490 e. The van der Waals surface area contributed by atoms with Gasteiger partial charge in [-0.15, -0.1) is 0 Å². The Morgan fingerprint density at radius 3 is 2.43 bits per heavy atom. The van der Waals surface area contributed by atoms with Crippen LogP contribution in [-0.2, 0) is 12.8 Å². The molecule has 4 rings (SSSR count). The van der Waals surface area contributed by atoms with E-state index < -0.39 is 0 Å². The van der Waals surface area contributed by atoms with Gasteiger partial charge < -0.3 is 10.1 Å². The van der Waals surface area contributed by atoms with Crippen molar-refractivity contribution in [2.75, 3.05) is 26.2 Å². The number of rotatable bonds is 3. The molecule has 1 aliphatic carbocycles. The lowest BCUT2D eigenvalue weighted by Gasteiger charge is -2.26. The summed E-state index contributed by atoms with van der Waals surface area (Å²) in [6, 6.07) is 7.71.